The minimum Gasteiger partial charge on any atom is -0.480 e. The first-order chi connectivity index (χ1) is 19.8. The lowest BCUT2D eigenvalue weighted by molar-refractivity contribution is -0.212. The van der Waals surface area contributed by atoms with Crippen LogP contribution in [0.3, 0.4) is 0 Å². The number of alkyl halides is 2. The number of carboxylic acids is 1. The number of allylic oxidation sites excluding steroid dienone is 4. The first-order valence-electron chi connectivity index (χ1n) is 15.0. The second kappa shape index (κ2) is 9.89. The van der Waals surface area contributed by atoms with Crippen molar-refractivity contribution in [3.8, 4) is 0 Å². The fraction of sp³-hybridized carbons (Fsp3) is 0.606. The molecule has 226 valence electrons. The van der Waals surface area contributed by atoms with E-state index in [1.165, 1.54) is 19.1 Å². The molecular formula is C33H39F2NO6. The molecule has 42 heavy (non-hydrogen) atoms. The topological polar surface area (TPSA) is 115 Å². The van der Waals surface area contributed by atoms with E-state index in [-0.39, 0.29) is 31.4 Å². The third kappa shape index (κ3) is 3.69. The summed E-state index contributed by atoms with van der Waals surface area (Å²) in [7, 11) is 0. The molecule has 3 saturated carbocycles. The average Bonchev–Trinajstić information content (AvgIpc) is 3.41. The fourth-order valence-electron chi connectivity index (χ4n) is 10.2. The minimum atomic E-state index is -2.32. The van der Waals surface area contributed by atoms with Gasteiger partial charge >= 0.3 is 5.97 Å². The van der Waals surface area contributed by atoms with E-state index in [0.717, 1.165) is 18.1 Å². The molecule has 10 atom stereocenters. The Kier molecular flexibility index (Phi) is 6.91. The van der Waals surface area contributed by atoms with Crippen LogP contribution in [0.5, 0.6) is 0 Å². The molecule has 4 aliphatic carbocycles. The van der Waals surface area contributed by atoms with E-state index in [1.807, 2.05) is 42.2 Å². The van der Waals surface area contributed by atoms with Crippen LogP contribution in [0.4, 0.5) is 8.78 Å². The highest BCUT2D eigenvalue weighted by atomic mass is 19.1. The number of carbonyl (C=O) groups excluding carboxylic acids is 2. The monoisotopic (exact) mass is 583 g/mol. The SMILES string of the molecule is C[C@]12C=CC(=O)C=C1[C@@H](F)C[C@H]1[C@@H]3C[C@H]4C(C(=O)O)N(CCCc5ccccc5)C[C@@]4(C(=O)CO)[C@@]3(C)C[C@H](O)[C@@]12F. The van der Waals surface area contributed by atoms with E-state index in [9.17, 15) is 29.7 Å². The molecule has 0 bridgehead atoms. The number of rotatable bonds is 7. The van der Waals surface area contributed by atoms with Gasteiger partial charge < -0.3 is 15.3 Å². The van der Waals surface area contributed by atoms with Crippen molar-refractivity contribution < 1.29 is 38.5 Å². The molecule has 4 fully saturated rings. The Labute approximate surface area is 244 Å². The molecule has 0 spiro atoms. The van der Waals surface area contributed by atoms with Crippen LogP contribution >= 0.6 is 0 Å². The molecule has 5 aliphatic rings. The largest absolute Gasteiger partial charge is 0.480 e. The van der Waals surface area contributed by atoms with E-state index >= 15 is 8.78 Å². The third-order valence-electron chi connectivity index (χ3n) is 12.1. The molecular weight excluding hydrogens is 544 g/mol. The van der Waals surface area contributed by atoms with Crippen LogP contribution in [-0.4, -0.2) is 81.4 Å². The number of nitrogens with zero attached hydrogens (tertiary/aromatic N) is 1. The molecule has 1 saturated heterocycles. The van der Waals surface area contributed by atoms with Crippen LogP contribution in [-0.2, 0) is 20.8 Å². The normalized spacial score (nSPS) is 44.1. The van der Waals surface area contributed by atoms with Gasteiger partial charge in [0.05, 0.1) is 11.5 Å². The van der Waals surface area contributed by atoms with E-state index in [0.29, 0.717) is 13.0 Å². The molecule has 1 aromatic carbocycles. The van der Waals surface area contributed by atoms with E-state index < -0.39 is 82.1 Å². The van der Waals surface area contributed by atoms with Gasteiger partial charge in [-0.2, -0.15) is 0 Å². The Bertz CT molecular complexity index is 1370. The van der Waals surface area contributed by atoms with Gasteiger partial charge in [-0.3, -0.25) is 19.3 Å². The lowest BCUT2D eigenvalue weighted by Crippen LogP contribution is -2.69. The summed E-state index contributed by atoms with van der Waals surface area (Å²) < 4.78 is 33.4. The van der Waals surface area contributed by atoms with Gasteiger partial charge in [-0.15, -0.1) is 0 Å². The Balaban J connectivity index is 1.39. The predicted molar refractivity (Wildman–Crippen MR) is 150 cm³/mol. The number of aliphatic hydroxyl groups excluding tert-OH is 2. The Morgan fingerprint density at radius 2 is 1.81 bits per heavy atom. The molecule has 9 heteroatoms. The van der Waals surface area contributed by atoms with E-state index in [4.69, 9.17) is 0 Å². The molecule has 1 heterocycles. The first kappa shape index (κ1) is 29.3. The number of ketones is 2. The number of carbonyl (C=O) groups is 3. The standard InChI is InChI=1S/C33H39F2NO6/c1-30-11-10-20(38)13-23(30)25(34)15-22-21-14-24-28(29(41)42)36(12-6-9-19-7-4-3-5-8-19)18-32(24,27(40)17-37)31(21,2)16-26(39)33(22,30)35/h3-5,7-8,10-11,13,21-22,24-26,28,37,39H,6,9,12,14-18H2,1-2H3,(H,41,42)/t21-,22-,24-,25-,26-,28?,30-,31-,32+,33-/m0/s1. The zero-order chi connectivity index (χ0) is 30.2. The predicted octanol–water partition coefficient (Wildman–Crippen LogP) is 3.48. The highest BCUT2D eigenvalue weighted by molar-refractivity contribution is 6.01. The number of aliphatic hydroxyl groups is 2. The molecule has 3 N–H and O–H groups in total. The van der Waals surface area contributed by atoms with Gasteiger partial charge in [0.25, 0.3) is 0 Å². The highest BCUT2D eigenvalue weighted by Crippen LogP contribution is 2.75. The molecule has 0 amide bonds. The summed E-state index contributed by atoms with van der Waals surface area (Å²) in [5.41, 5.74) is -5.17. The van der Waals surface area contributed by atoms with E-state index in [1.54, 1.807) is 0 Å². The molecule has 6 rings (SSSR count). The summed E-state index contributed by atoms with van der Waals surface area (Å²) in [6.45, 7) is 3.02. The van der Waals surface area contributed by atoms with Gasteiger partial charge in [0.15, 0.2) is 17.2 Å². The number of aliphatic carboxylic acids is 1. The second-order valence-electron chi connectivity index (χ2n) is 13.6. The summed E-state index contributed by atoms with van der Waals surface area (Å²) in [5, 5.41) is 32.4. The van der Waals surface area contributed by atoms with Crippen molar-refractivity contribution >= 4 is 17.5 Å². The van der Waals surface area contributed by atoms with Gasteiger partial charge in [-0.25, -0.2) is 8.78 Å². The molecule has 1 aliphatic heterocycles. The lowest BCUT2D eigenvalue weighted by atomic mass is 9.43. The van der Waals surface area contributed by atoms with Crippen molar-refractivity contribution in [2.45, 2.75) is 69.9 Å². The van der Waals surface area contributed by atoms with Crippen molar-refractivity contribution in [3.63, 3.8) is 0 Å². The number of fused-ring (bicyclic) bond motifs is 7. The molecule has 1 unspecified atom stereocenters. The summed E-state index contributed by atoms with van der Waals surface area (Å²) in [6, 6.07) is 8.78. The number of aryl methyl sites for hydroxylation is 1. The average molecular weight is 584 g/mol. The van der Waals surface area contributed by atoms with Gasteiger partial charge in [0, 0.05) is 17.9 Å². The van der Waals surface area contributed by atoms with Crippen molar-refractivity contribution in [1.29, 1.82) is 0 Å². The Morgan fingerprint density at radius 3 is 2.48 bits per heavy atom. The number of carboxylic acid groups (broad SMARTS) is 1. The van der Waals surface area contributed by atoms with Crippen LogP contribution in [0.15, 0.2) is 54.1 Å². The maximum absolute atomic E-state index is 17.6. The van der Waals surface area contributed by atoms with Gasteiger partial charge in [0.2, 0.25) is 0 Å². The first-order valence-corrected chi connectivity index (χ1v) is 15.0. The number of halogens is 2. The van der Waals surface area contributed by atoms with Crippen LogP contribution in [0.25, 0.3) is 0 Å². The van der Waals surface area contributed by atoms with Crippen LogP contribution in [0.1, 0.15) is 45.1 Å². The van der Waals surface area contributed by atoms with Crippen molar-refractivity contribution in [2.24, 2.45) is 34.0 Å². The lowest BCUT2D eigenvalue weighted by Gasteiger charge is -2.63. The Hall–Kier alpha value is -2.75. The zero-order valence-electron chi connectivity index (χ0n) is 24.0. The zero-order valence-corrected chi connectivity index (χ0v) is 24.0. The van der Waals surface area contributed by atoms with Crippen molar-refractivity contribution in [1.82, 2.24) is 4.90 Å². The summed E-state index contributed by atoms with van der Waals surface area (Å²) in [4.78, 5) is 40.6. The molecule has 7 nitrogen and oxygen atoms in total. The van der Waals surface area contributed by atoms with Crippen molar-refractivity contribution in [3.05, 3.63) is 59.7 Å². The maximum atomic E-state index is 17.6. The molecule has 1 aromatic rings. The molecule has 0 radical (unpaired) electrons. The summed E-state index contributed by atoms with van der Waals surface area (Å²) in [5.74, 6) is -4.38. The quantitative estimate of drug-likeness (QED) is 0.450. The minimum absolute atomic E-state index is 0.0174. The maximum Gasteiger partial charge on any atom is 0.321 e. The summed E-state index contributed by atoms with van der Waals surface area (Å²) in [6.07, 6.45) is 1.64. The third-order valence-corrected chi connectivity index (χ3v) is 12.1. The second-order valence-corrected chi connectivity index (χ2v) is 13.6. The summed E-state index contributed by atoms with van der Waals surface area (Å²) >= 11 is 0. The number of hydrogen-bond acceptors (Lipinski definition) is 6. The molecule has 0 aromatic heterocycles. The number of hydrogen-bond donors (Lipinski definition) is 3. The van der Waals surface area contributed by atoms with E-state index in [2.05, 4.69) is 0 Å². The van der Waals surface area contributed by atoms with Gasteiger partial charge in [-0.05, 0) is 86.1 Å². The van der Waals surface area contributed by atoms with Crippen LogP contribution < -0.4 is 0 Å². The van der Waals surface area contributed by atoms with Gasteiger partial charge in [-0.1, -0.05) is 43.3 Å². The Morgan fingerprint density at radius 1 is 1.10 bits per heavy atom. The van der Waals surface area contributed by atoms with Crippen molar-refractivity contribution in [2.75, 3.05) is 19.7 Å². The fourth-order valence-corrected chi connectivity index (χ4v) is 10.2. The van der Waals surface area contributed by atoms with Crippen LogP contribution in [0.2, 0.25) is 0 Å². The number of likely N-dealkylation sites (tertiary alicyclic amines) is 1. The number of benzene rings is 1. The van der Waals surface area contributed by atoms with Crippen LogP contribution in [0, 0.1) is 34.0 Å². The number of Topliss-reactive ketones (excluding diaryl/α,β-unsaturated/α-hetero) is 1. The highest BCUT2D eigenvalue weighted by Gasteiger charge is 2.79. The van der Waals surface area contributed by atoms with Gasteiger partial charge in [0.1, 0.15) is 18.8 Å². The smallest absolute Gasteiger partial charge is 0.321 e.